The Morgan fingerprint density at radius 1 is 0.667 bits per heavy atom. The van der Waals surface area contributed by atoms with Gasteiger partial charge in [-0.05, 0) is 0 Å². The van der Waals surface area contributed by atoms with Gasteiger partial charge in [0, 0.05) is 39.3 Å². The van der Waals surface area contributed by atoms with Crippen molar-refractivity contribution in [3.8, 4) is 0 Å². The lowest BCUT2D eigenvalue weighted by atomic mass is 10.2. The van der Waals surface area contributed by atoms with E-state index in [2.05, 4.69) is 9.80 Å². The van der Waals surface area contributed by atoms with Gasteiger partial charge in [-0.15, -0.1) is 12.6 Å². The van der Waals surface area contributed by atoms with Gasteiger partial charge in [0.25, 0.3) is 0 Å². The molecule has 0 N–H and O–H groups in total. The first-order valence-electron chi connectivity index (χ1n) is 3.90. The zero-order valence-electron chi connectivity index (χ0n) is 6.77. The van der Waals surface area contributed by atoms with Crippen LogP contribution in [0.2, 0.25) is 0 Å². The van der Waals surface area contributed by atoms with Crippen molar-refractivity contribution in [2.45, 2.75) is 0 Å². The van der Waals surface area contributed by atoms with Crippen molar-refractivity contribution in [3.63, 3.8) is 0 Å². The minimum absolute atomic E-state index is 1.32. The van der Waals surface area contributed by atoms with Crippen molar-refractivity contribution in [1.82, 2.24) is 9.80 Å². The summed E-state index contributed by atoms with van der Waals surface area (Å²) in [5.74, 6) is 0. The second kappa shape index (κ2) is 4.54. The average Bonchev–Trinajstić information content (AvgIpc) is 2.07. The first-order chi connectivity index (χ1) is 5.68. The Bertz CT molecular complexity index is 199. The number of fused-ring (bicyclic) bond motifs is 3. The molecular weight excluding hydrogens is 180 g/mol. The van der Waals surface area contributed by atoms with Gasteiger partial charge in [-0.25, -0.2) is 0 Å². The number of rotatable bonds is 0. The van der Waals surface area contributed by atoms with E-state index in [4.69, 9.17) is 12.6 Å². The van der Waals surface area contributed by atoms with Crippen LogP contribution in [0.4, 0.5) is 0 Å². The minimum atomic E-state index is -3.11. The Kier molecular flexibility index (Phi) is 3.64. The molecule has 0 aromatic heterocycles. The van der Waals surface area contributed by atoms with Crippen LogP contribution < -0.4 is 0 Å². The first-order valence-corrected chi connectivity index (χ1v) is 4.90. The van der Waals surface area contributed by atoms with Gasteiger partial charge in [-0.1, -0.05) is 0 Å². The normalized spacial score (nSPS) is 32.0. The van der Waals surface area contributed by atoms with Gasteiger partial charge in [0.1, 0.15) is 0 Å². The fourth-order valence-electron chi connectivity index (χ4n) is 1.52. The van der Waals surface area contributed by atoms with E-state index in [1.165, 1.54) is 39.3 Å². The monoisotopic (exact) mass is 192 g/mol. The van der Waals surface area contributed by atoms with Crippen LogP contribution in [0.3, 0.4) is 0 Å². The summed E-state index contributed by atoms with van der Waals surface area (Å²) in [6.07, 6.45) is 0. The topological polar surface area (TPSA) is 57.7 Å². The minimum Gasteiger partial charge on any atom is -0.300 e. The smallest absolute Gasteiger partial charge is 0.300 e. The molecule has 6 heteroatoms. The number of hydrogen-bond donors (Lipinski definition) is 0. The fourth-order valence-corrected chi connectivity index (χ4v) is 1.52. The predicted octanol–water partition coefficient (Wildman–Crippen LogP) is -1.39. The third-order valence-corrected chi connectivity index (χ3v) is 2.20. The van der Waals surface area contributed by atoms with Gasteiger partial charge in [0.15, 0.2) is 0 Å². The van der Waals surface area contributed by atoms with Crippen molar-refractivity contribution >= 4 is 10.6 Å². The quantitative estimate of drug-likeness (QED) is 0.473. The van der Waals surface area contributed by atoms with Crippen molar-refractivity contribution in [2.24, 2.45) is 0 Å². The molecule has 0 saturated carbocycles. The standard InChI is InChI=1S/C6H12N2.O3S/c1-2-8-5-3-7(1)4-6-8;1-4(2)3/h1-6H2;. The van der Waals surface area contributed by atoms with Crippen LogP contribution in [0.15, 0.2) is 0 Å². The Hall–Kier alpha value is -0.460. The molecule has 3 saturated heterocycles. The van der Waals surface area contributed by atoms with Crippen LogP contribution in [-0.4, -0.2) is 61.7 Å². The Morgan fingerprint density at radius 3 is 0.917 bits per heavy atom. The molecule has 0 spiro atoms. The molecule has 0 aliphatic carbocycles. The van der Waals surface area contributed by atoms with E-state index in [-0.39, 0.29) is 0 Å². The van der Waals surface area contributed by atoms with Gasteiger partial charge in [-0.3, -0.25) is 9.80 Å². The summed E-state index contributed by atoms with van der Waals surface area (Å²) in [6.45, 7) is 7.92. The molecule has 70 valence electrons. The van der Waals surface area contributed by atoms with Crippen LogP contribution in [0.1, 0.15) is 0 Å². The fraction of sp³-hybridized carbons (Fsp3) is 1.00. The van der Waals surface area contributed by atoms with E-state index in [0.717, 1.165) is 0 Å². The highest BCUT2D eigenvalue weighted by molar-refractivity contribution is 7.59. The molecule has 0 atom stereocenters. The third kappa shape index (κ3) is 3.29. The van der Waals surface area contributed by atoms with Crippen LogP contribution in [0.5, 0.6) is 0 Å². The van der Waals surface area contributed by atoms with Crippen LogP contribution >= 0.6 is 0 Å². The summed E-state index contributed by atoms with van der Waals surface area (Å²) >= 11 is 0. The van der Waals surface area contributed by atoms with Crippen LogP contribution in [0.25, 0.3) is 0 Å². The first kappa shape index (κ1) is 9.63. The molecule has 2 bridgehead atoms. The lowest BCUT2D eigenvalue weighted by molar-refractivity contribution is 0.0647. The maximum Gasteiger partial charge on any atom is 0.425 e. The molecule has 3 rings (SSSR count). The maximum atomic E-state index is 8.44. The van der Waals surface area contributed by atoms with Gasteiger partial charge in [0.05, 0.1) is 0 Å². The molecule has 0 radical (unpaired) electrons. The van der Waals surface area contributed by atoms with E-state index >= 15 is 0 Å². The van der Waals surface area contributed by atoms with Crippen molar-refractivity contribution < 1.29 is 12.6 Å². The molecule has 3 aliphatic heterocycles. The third-order valence-electron chi connectivity index (χ3n) is 2.20. The van der Waals surface area contributed by atoms with E-state index in [9.17, 15) is 0 Å². The van der Waals surface area contributed by atoms with Crippen molar-refractivity contribution in [2.75, 3.05) is 39.3 Å². The van der Waals surface area contributed by atoms with Crippen molar-refractivity contribution in [1.29, 1.82) is 0 Å². The Morgan fingerprint density at radius 2 is 0.833 bits per heavy atom. The highest BCUT2D eigenvalue weighted by Gasteiger charge is 2.21. The SMILES string of the molecule is C1CN2CCN1CC2.O=S(=O)=O. The average molecular weight is 192 g/mol. The molecule has 0 aromatic rings. The molecule has 0 aromatic carbocycles. The zero-order valence-corrected chi connectivity index (χ0v) is 7.59. The molecule has 0 amide bonds. The summed E-state index contributed by atoms with van der Waals surface area (Å²) in [5, 5.41) is 0. The van der Waals surface area contributed by atoms with Gasteiger partial charge >= 0.3 is 10.6 Å². The molecule has 12 heavy (non-hydrogen) atoms. The largest absolute Gasteiger partial charge is 0.425 e. The van der Waals surface area contributed by atoms with E-state index in [1.807, 2.05) is 0 Å². The van der Waals surface area contributed by atoms with Crippen molar-refractivity contribution in [3.05, 3.63) is 0 Å². The number of piperazine rings is 3. The van der Waals surface area contributed by atoms with Crippen LogP contribution in [-0.2, 0) is 10.6 Å². The van der Waals surface area contributed by atoms with E-state index in [1.54, 1.807) is 0 Å². The summed E-state index contributed by atoms with van der Waals surface area (Å²) < 4.78 is 25.3. The molecule has 3 aliphatic rings. The van der Waals surface area contributed by atoms with Gasteiger partial charge < -0.3 is 0 Å². The summed E-state index contributed by atoms with van der Waals surface area (Å²) in [4.78, 5) is 5.08. The number of hydrogen-bond acceptors (Lipinski definition) is 5. The zero-order chi connectivity index (χ0) is 8.97. The lowest BCUT2D eigenvalue weighted by Gasteiger charge is -2.41. The molecular formula is C6H12N2O3S. The second-order valence-corrected chi connectivity index (χ2v) is 3.30. The summed E-state index contributed by atoms with van der Waals surface area (Å²) in [5.41, 5.74) is 0. The Balaban J connectivity index is 0.000000157. The van der Waals surface area contributed by atoms with Gasteiger partial charge in [0.2, 0.25) is 0 Å². The predicted molar refractivity (Wildman–Crippen MR) is 42.6 cm³/mol. The van der Waals surface area contributed by atoms with Gasteiger partial charge in [-0.2, -0.15) is 0 Å². The highest BCUT2D eigenvalue weighted by atomic mass is 32.2. The second-order valence-electron chi connectivity index (χ2n) is 2.89. The van der Waals surface area contributed by atoms with E-state index < -0.39 is 10.6 Å². The Labute approximate surface area is 73.0 Å². The summed E-state index contributed by atoms with van der Waals surface area (Å²) in [6, 6.07) is 0. The van der Waals surface area contributed by atoms with E-state index in [0.29, 0.717) is 0 Å². The highest BCUT2D eigenvalue weighted by Crippen LogP contribution is 2.06. The molecule has 5 nitrogen and oxygen atoms in total. The van der Waals surface area contributed by atoms with Crippen LogP contribution in [0, 0.1) is 0 Å². The maximum absolute atomic E-state index is 8.44. The number of nitrogens with zero attached hydrogens (tertiary/aromatic N) is 2. The summed E-state index contributed by atoms with van der Waals surface area (Å²) in [7, 11) is -3.11. The molecule has 3 fully saturated rings. The molecule has 0 unspecified atom stereocenters. The lowest BCUT2D eigenvalue weighted by Crippen LogP contribution is -2.55. The molecule has 3 heterocycles.